The van der Waals surface area contributed by atoms with E-state index in [1.54, 1.807) is 0 Å². The fourth-order valence-electron chi connectivity index (χ4n) is 2.34. The van der Waals surface area contributed by atoms with Gasteiger partial charge in [0.05, 0.1) is 0 Å². The molecule has 0 aliphatic carbocycles. The molecule has 1 N–H and O–H groups in total. The predicted molar refractivity (Wildman–Crippen MR) is 64.0 cm³/mol. The van der Waals surface area contributed by atoms with Crippen molar-refractivity contribution in [2.24, 2.45) is 11.8 Å². The molecule has 0 aliphatic heterocycles. The second-order valence-corrected chi connectivity index (χ2v) is 4.46. The molecule has 2 atom stereocenters. The van der Waals surface area contributed by atoms with E-state index in [2.05, 4.69) is 20.8 Å². The Morgan fingerprint density at radius 2 is 1.73 bits per heavy atom. The van der Waals surface area contributed by atoms with E-state index in [4.69, 9.17) is 5.11 Å². The van der Waals surface area contributed by atoms with E-state index < -0.39 is 5.97 Å². The van der Waals surface area contributed by atoms with Gasteiger partial charge >= 0.3 is 5.97 Å². The van der Waals surface area contributed by atoms with E-state index in [1.807, 2.05) is 0 Å². The zero-order valence-corrected chi connectivity index (χ0v) is 10.5. The number of aliphatic carboxylic acids is 1. The summed E-state index contributed by atoms with van der Waals surface area (Å²) in [5.74, 6) is 0.369. The molecule has 2 nitrogen and oxygen atoms in total. The number of hydrogen-bond acceptors (Lipinski definition) is 1. The molecule has 2 heteroatoms. The molecule has 0 saturated heterocycles. The van der Waals surface area contributed by atoms with Gasteiger partial charge in [-0.3, -0.25) is 4.79 Å². The van der Waals surface area contributed by atoms with Crippen molar-refractivity contribution in [1.29, 1.82) is 0 Å². The van der Waals surface area contributed by atoms with Gasteiger partial charge in [0.25, 0.3) is 0 Å². The highest BCUT2D eigenvalue weighted by Crippen LogP contribution is 2.28. The van der Waals surface area contributed by atoms with Gasteiger partial charge in [0.2, 0.25) is 0 Å². The lowest BCUT2D eigenvalue weighted by molar-refractivity contribution is -0.138. The van der Waals surface area contributed by atoms with Crippen LogP contribution in [-0.4, -0.2) is 11.1 Å². The zero-order valence-electron chi connectivity index (χ0n) is 10.5. The van der Waals surface area contributed by atoms with Gasteiger partial charge in [-0.1, -0.05) is 52.9 Å². The van der Waals surface area contributed by atoms with E-state index in [-0.39, 0.29) is 0 Å². The maximum Gasteiger partial charge on any atom is 0.303 e. The Balaban J connectivity index is 4.18. The van der Waals surface area contributed by atoms with Crippen LogP contribution in [0.4, 0.5) is 0 Å². The van der Waals surface area contributed by atoms with E-state index in [0.717, 1.165) is 19.3 Å². The van der Waals surface area contributed by atoms with E-state index in [0.29, 0.717) is 18.3 Å². The average Bonchev–Trinajstić information content (AvgIpc) is 2.18. The number of rotatable bonds is 9. The maximum absolute atomic E-state index is 10.8. The molecule has 0 fully saturated rings. The summed E-state index contributed by atoms with van der Waals surface area (Å²) in [5, 5.41) is 8.88. The smallest absolute Gasteiger partial charge is 0.303 e. The molecule has 0 aromatic heterocycles. The first kappa shape index (κ1) is 14.5. The Hall–Kier alpha value is -0.530. The van der Waals surface area contributed by atoms with Crippen molar-refractivity contribution < 1.29 is 9.90 Å². The number of carboxylic acid groups (broad SMARTS) is 1. The van der Waals surface area contributed by atoms with Gasteiger partial charge in [-0.05, 0) is 18.3 Å². The molecular weight excluding hydrogens is 188 g/mol. The minimum Gasteiger partial charge on any atom is -0.481 e. The quantitative estimate of drug-likeness (QED) is 0.627. The van der Waals surface area contributed by atoms with Crippen molar-refractivity contribution in [2.75, 3.05) is 0 Å². The lowest BCUT2D eigenvalue weighted by Gasteiger charge is -2.24. The van der Waals surface area contributed by atoms with Crippen molar-refractivity contribution in [3.8, 4) is 0 Å². The van der Waals surface area contributed by atoms with Crippen molar-refractivity contribution in [1.82, 2.24) is 0 Å². The van der Waals surface area contributed by atoms with Gasteiger partial charge in [0.1, 0.15) is 0 Å². The monoisotopic (exact) mass is 214 g/mol. The van der Waals surface area contributed by atoms with Crippen LogP contribution in [0.5, 0.6) is 0 Å². The summed E-state index contributed by atoms with van der Waals surface area (Å²) >= 11 is 0. The topological polar surface area (TPSA) is 37.3 Å². The van der Waals surface area contributed by atoms with E-state index in [1.165, 1.54) is 19.3 Å². The minimum atomic E-state index is -0.636. The van der Waals surface area contributed by atoms with Gasteiger partial charge in [0, 0.05) is 6.42 Å². The minimum absolute atomic E-state index is 0.357. The van der Waals surface area contributed by atoms with Crippen LogP contribution < -0.4 is 0 Å². The molecule has 0 aromatic carbocycles. The van der Waals surface area contributed by atoms with Crippen LogP contribution in [-0.2, 0) is 4.79 Å². The van der Waals surface area contributed by atoms with Crippen LogP contribution in [0, 0.1) is 11.8 Å². The fraction of sp³-hybridized carbons (Fsp3) is 0.923. The van der Waals surface area contributed by atoms with Crippen LogP contribution in [0.3, 0.4) is 0 Å². The number of hydrogen-bond donors (Lipinski definition) is 1. The van der Waals surface area contributed by atoms with Gasteiger partial charge in [-0.25, -0.2) is 0 Å². The molecule has 0 aliphatic rings. The van der Waals surface area contributed by atoms with Gasteiger partial charge in [-0.2, -0.15) is 0 Å². The Bertz CT molecular complexity index is 166. The highest BCUT2D eigenvalue weighted by molar-refractivity contribution is 5.67. The summed E-state index contributed by atoms with van der Waals surface area (Å²) in [6.45, 7) is 6.52. The van der Waals surface area contributed by atoms with Crippen molar-refractivity contribution in [3.63, 3.8) is 0 Å². The molecule has 0 heterocycles. The Morgan fingerprint density at radius 3 is 2.13 bits per heavy atom. The third-order valence-corrected chi connectivity index (χ3v) is 3.22. The summed E-state index contributed by atoms with van der Waals surface area (Å²) < 4.78 is 0. The van der Waals surface area contributed by atoms with Gasteiger partial charge in [0.15, 0.2) is 0 Å². The molecule has 0 saturated carbocycles. The van der Waals surface area contributed by atoms with Crippen LogP contribution >= 0.6 is 0 Å². The number of carboxylic acids is 1. The van der Waals surface area contributed by atoms with Gasteiger partial charge in [-0.15, -0.1) is 0 Å². The van der Waals surface area contributed by atoms with Crippen LogP contribution in [0.1, 0.15) is 65.7 Å². The molecule has 0 spiro atoms. The van der Waals surface area contributed by atoms with Crippen LogP contribution in [0.2, 0.25) is 0 Å². The molecule has 0 aromatic rings. The molecular formula is C13H26O2. The second-order valence-electron chi connectivity index (χ2n) is 4.46. The zero-order chi connectivity index (χ0) is 11.7. The SMILES string of the molecule is CCCCC(CC)C(CCC)CC(=O)O. The van der Waals surface area contributed by atoms with Crippen molar-refractivity contribution in [3.05, 3.63) is 0 Å². The normalized spacial score (nSPS) is 14.9. The Morgan fingerprint density at radius 1 is 1.07 bits per heavy atom. The maximum atomic E-state index is 10.8. The third kappa shape index (κ3) is 6.53. The summed E-state index contributed by atoms with van der Waals surface area (Å²) in [7, 11) is 0. The van der Waals surface area contributed by atoms with Crippen LogP contribution in [0.15, 0.2) is 0 Å². The first-order valence-corrected chi connectivity index (χ1v) is 6.37. The van der Waals surface area contributed by atoms with E-state index >= 15 is 0 Å². The predicted octanol–water partition coefficient (Wildman–Crippen LogP) is 4.09. The summed E-state index contributed by atoms with van der Waals surface area (Å²) in [5.41, 5.74) is 0. The van der Waals surface area contributed by atoms with E-state index in [9.17, 15) is 4.79 Å². The molecule has 0 amide bonds. The largest absolute Gasteiger partial charge is 0.481 e. The Labute approximate surface area is 94.1 Å². The average molecular weight is 214 g/mol. The second kappa shape index (κ2) is 8.75. The summed E-state index contributed by atoms with van der Waals surface area (Å²) in [6, 6.07) is 0. The standard InChI is InChI=1S/C13H26O2/c1-4-7-9-11(6-3)12(8-5-2)10-13(14)15/h11-12H,4-10H2,1-3H3,(H,14,15). The summed E-state index contributed by atoms with van der Waals surface area (Å²) in [4.78, 5) is 10.8. The number of unbranched alkanes of at least 4 members (excludes halogenated alkanes) is 1. The molecule has 0 rings (SSSR count). The number of carbonyl (C=O) groups is 1. The molecule has 0 radical (unpaired) electrons. The molecule has 2 unspecified atom stereocenters. The van der Waals surface area contributed by atoms with Crippen molar-refractivity contribution >= 4 is 5.97 Å². The third-order valence-electron chi connectivity index (χ3n) is 3.22. The first-order valence-electron chi connectivity index (χ1n) is 6.37. The lowest BCUT2D eigenvalue weighted by atomic mass is 9.81. The fourth-order valence-corrected chi connectivity index (χ4v) is 2.34. The Kier molecular flexibility index (Phi) is 8.44. The van der Waals surface area contributed by atoms with Gasteiger partial charge < -0.3 is 5.11 Å². The molecule has 0 bridgehead atoms. The summed E-state index contributed by atoms with van der Waals surface area (Å²) in [6.07, 6.45) is 7.29. The lowest BCUT2D eigenvalue weighted by Crippen LogP contribution is -2.18. The molecule has 90 valence electrons. The van der Waals surface area contributed by atoms with Crippen LogP contribution in [0.25, 0.3) is 0 Å². The highest BCUT2D eigenvalue weighted by atomic mass is 16.4. The highest BCUT2D eigenvalue weighted by Gasteiger charge is 2.21. The molecule has 15 heavy (non-hydrogen) atoms. The first-order chi connectivity index (χ1) is 7.15. The van der Waals surface area contributed by atoms with Crippen molar-refractivity contribution in [2.45, 2.75) is 65.7 Å².